The lowest BCUT2D eigenvalue weighted by Gasteiger charge is -2.25. The number of carbonyl (C=O) groups is 1. The number of nitrogens with zero attached hydrogens (tertiary/aromatic N) is 1. The van der Waals surface area contributed by atoms with Crippen molar-refractivity contribution in [3.63, 3.8) is 0 Å². The smallest absolute Gasteiger partial charge is 0.267 e. The van der Waals surface area contributed by atoms with E-state index >= 15 is 0 Å². The lowest BCUT2D eigenvalue weighted by atomic mass is 9.91. The molecule has 0 unspecified atom stereocenters. The molecule has 3 aromatic carbocycles. The Balaban J connectivity index is 1.76. The maximum Gasteiger partial charge on any atom is 0.267 e. The molecule has 1 saturated heterocycles. The highest BCUT2D eigenvalue weighted by molar-refractivity contribution is 7.89. The Bertz CT molecular complexity index is 1170. The molecule has 2 atom stereocenters. The molecular weight excluding hydrogens is 410 g/mol. The van der Waals surface area contributed by atoms with Crippen LogP contribution in [0.3, 0.4) is 0 Å². The number of carbonyl (C=O) groups excluding carboxylic acids is 1. The van der Waals surface area contributed by atoms with Crippen molar-refractivity contribution in [3.8, 4) is 5.75 Å². The van der Waals surface area contributed by atoms with Gasteiger partial charge in [-0.25, -0.2) is 12.7 Å². The fraction of sp³-hybridized carbons (Fsp3) is 0.160. The predicted molar refractivity (Wildman–Crippen MR) is 120 cm³/mol. The number of benzene rings is 3. The summed E-state index contributed by atoms with van der Waals surface area (Å²) in [4.78, 5) is 13.1. The number of hydrogen-bond acceptors (Lipinski definition) is 4. The van der Waals surface area contributed by atoms with E-state index in [0.29, 0.717) is 5.75 Å². The van der Waals surface area contributed by atoms with Crippen molar-refractivity contribution in [1.29, 1.82) is 0 Å². The molecule has 3 aromatic rings. The van der Waals surface area contributed by atoms with Crippen molar-refractivity contribution in [3.05, 3.63) is 102 Å². The lowest BCUT2D eigenvalue weighted by molar-refractivity contribution is -0.124. The molecule has 1 aliphatic rings. The summed E-state index contributed by atoms with van der Waals surface area (Å²) in [6, 6.07) is 24.7. The quantitative estimate of drug-likeness (QED) is 0.575. The molecule has 0 saturated carbocycles. The zero-order chi connectivity index (χ0) is 21.8. The topological polar surface area (TPSA) is 63.7 Å². The fourth-order valence-electron chi connectivity index (χ4n) is 3.89. The van der Waals surface area contributed by atoms with Crippen molar-refractivity contribution in [2.75, 3.05) is 7.11 Å². The molecule has 31 heavy (non-hydrogen) atoms. The van der Waals surface area contributed by atoms with Crippen molar-refractivity contribution in [1.82, 2.24) is 4.31 Å². The molecule has 0 bridgehead atoms. The van der Waals surface area contributed by atoms with Crippen molar-refractivity contribution >= 4 is 22.0 Å². The minimum atomic E-state index is -4.03. The van der Waals surface area contributed by atoms with Gasteiger partial charge in [0.2, 0.25) is 5.91 Å². The van der Waals surface area contributed by atoms with Crippen LogP contribution >= 0.6 is 0 Å². The number of ether oxygens (including phenoxy) is 1. The third-order valence-corrected chi connectivity index (χ3v) is 7.29. The molecule has 1 fully saturated rings. The highest BCUT2D eigenvalue weighted by Crippen LogP contribution is 2.39. The number of sulfonamides is 1. The van der Waals surface area contributed by atoms with E-state index in [1.807, 2.05) is 72.8 Å². The normalized spacial score (nSPS) is 19.1. The maximum absolute atomic E-state index is 13.5. The molecule has 6 heteroatoms. The molecule has 0 aliphatic carbocycles. The van der Waals surface area contributed by atoms with Crippen LogP contribution in [-0.2, 0) is 14.8 Å². The Morgan fingerprint density at radius 3 is 2.13 bits per heavy atom. The van der Waals surface area contributed by atoms with E-state index in [4.69, 9.17) is 4.74 Å². The number of amides is 1. The molecule has 158 valence electrons. The highest BCUT2D eigenvalue weighted by atomic mass is 32.2. The summed E-state index contributed by atoms with van der Waals surface area (Å²) in [5.74, 6) is -0.122. The van der Waals surface area contributed by atoms with Crippen LogP contribution in [0.5, 0.6) is 5.75 Å². The van der Waals surface area contributed by atoms with Crippen LogP contribution in [-0.4, -0.2) is 31.8 Å². The van der Waals surface area contributed by atoms with Gasteiger partial charge in [-0.05, 0) is 35.4 Å². The average molecular weight is 434 g/mol. The predicted octanol–water partition coefficient (Wildman–Crippen LogP) is 4.48. The average Bonchev–Trinajstić information content (AvgIpc) is 3.15. The van der Waals surface area contributed by atoms with Crippen LogP contribution in [0.2, 0.25) is 0 Å². The van der Waals surface area contributed by atoms with Gasteiger partial charge in [0, 0.05) is 12.3 Å². The number of methoxy groups -OCH3 is 1. The number of rotatable bonds is 6. The van der Waals surface area contributed by atoms with E-state index in [2.05, 4.69) is 0 Å². The molecule has 0 N–H and O–H groups in total. The monoisotopic (exact) mass is 433 g/mol. The molecule has 4 rings (SSSR count). The molecular formula is C25H23NO4S. The molecule has 1 aliphatic heterocycles. The Labute approximate surface area is 182 Å². The molecule has 5 nitrogen and oxygen atoms in total. The van der Waals surface area contributed by atoms with Gasteiger partial charge in [0.15, 0.2) is 0 Å². The third-order valence-electron chi connectivity index (χ3n) is 5.45. The summed E-state index contributed by atoms with van der Waals surface area (Å²) in [5.41, 5.74) is 1.88. The Kier molecular flexibility index (Phi) is 5.91. The van der Waals surface area contributed by atoms with Gasteiger partial charge in [-0.3, -0.25) is 4.79 Å². The number of hydrogen-bond donors (Lipinski definition) is 0. The first-order valence-electron chi connectivity index (χ1n) is 10.0. The second kappa shape index (κ2) is 8.78. The van der Waals surface area contributed by atoms with E-state index in [9.17, 15) is 13.2 Å². The molecule has 0 aromatic heterocycles. The van der Waals surface area contributed by atoms with Gasteiger partial charge >= 0.3 is 0 Å². The Morgan fingerprint density at radius 2 is 1.52 bits per heavy atom. The third kappa shape index (κ3) is 4.25. The van der Waals surface area contributed by atoms with Gasteiger partial charge in [0.05, 0.1) is 18.0 Å². The van der Waals surface area contributed by atoms with Crippen molar-refractivity contribution in [2.45, 2.75) is 23.3 Å². The maximum atomic E-state index is 13.5. The van der Waals surface area contributed by atoms with E-state index < -0.39 is 22.0 Å². The van der Waals surface area contributed by atoms with Crippen LogP contribution in [0.25, 0.3) is 6.08 Å². The van der Waals surface area contributed by atoms with Crippen LogP contribution in [0.15, 0.2) is 95.9 Å². The van der Waals surface area contributed by atoms with Crippen LogP contribution in [0.1, 0.15) is 23.5 Å². The zero-order valence-electron chi connectivity index (χ0n) is 17.1. The van der Waals surface area contributed by atoms with E-state index in [-0.39, 0.29) is 17.2 Å². The summed E-state index contributed by atoms with van der Waals surface area (Å²) in [5, 5.41) is 0. The summed E-state index contributed by atoms with van der Waals surface area (Å²) in [7, 11) is -2.51. The summed E-state index contributed by atoms with van der Waals surface area (Å²) >= 11 is 0. The molecule has 1 amide bonds. The van der Waals surface area contributed by atoms with Gasteiger partial charge < -0.3 is 4.74 Å². The van der Waals surface area contributed by atoms with Gasteiger partial charge in [0.1, 0.15) is 5.75 Å². The van der Waals surface area contributed by atoms with E-state index in [1.165, 1.54) is 19.2 Å². The molecule has 0 spiro atoms. The van der Waals surface area contributed by atoms with Crippen molar-refractivity contribution < 1.29 is 17.9 Å². The van der Waals surface area contributed by atoms with Gasteiger partial charge in [-0.1, -0.05) is 72.8 Å². The SMILES string of the molecule is COc1ccc(S(=O)(=O)N2C(=O)C[C@H](c3ccccc3)[C@@H]2/C=C/c2ccccc2)cc1. The first-order valence-corrected chi connectivity index (χ1v) is 11.4. The lowest BCUT2D eigenvalue weighted by Crippen LogP contribution is -2.38. The van der Waals surface area contributed by atoms with E-state index in [1.54, 1.807) is 12.1 Å². The van der Waals surface area contributed by atoms with Crippen LogP contribution in [0, 0.1) is 0 Å². The Hall–Kier alpha value is -3.38. The largest absolute Gasteiger partial charge is 0.497 e. The van der Waals surface area contributed by atoms with Crippen molar-refractivity contribution in [2.24, 2.45) is 0 Å². The fourth-order valence-corrected chi connectivity index (χ4v) is 5.47. The molecule has 0 radical (unpaired) electrons. The first-order chi connectivity index (χ1) is 15.0. The van der Waals surface area contributed by atoms with Gasteiger partial charge in [0.25, 0.3) is 10.0 Å². The second-order valence-electron chi connectivity index (χ2n) is 7.35. The summed E-state index contributed by atoms with van der Waals surface area (Å²) in [6.07, 6.45) is 3.82. The first kappa shape index (κ1) is 20.9. The van der Waals surface area contributed by atoms with E-state index in [0.717, 1.165) is 15.4 Å². The minimum Gasteiger partial charge on any atom is -0.497 e. The second-order valence-corrected chi connectivity index (χ2v) is 9.17. The van der Waals surface area contributed by atoms with Crippen LogP contribution < -0.4 is 4.74 Å². The van der Waals surface area contributed by atoms with Gasteiger partial charge in [-0.2, -0.15) is 0 Å². The molecule has 1 heterocycles. The summed E-state index contributed by atoms with van der Waals surface area (Å²) in [6.45, 7) is 0. The highest BCUT2D eigenvalue weighted by Gasteiger charge is 2.46. The minimum absolute atomic E-state index is 0.0634. The zero-order valence-corrected chi connectivity index (χ0v) is 17.9. The Morgan fingerprint density at radius 1 is 0.903 bits per heavy atom. The summed E-state index contributed by atoms with van der Waals surface area (Å²) < 4.78 is 33.1. The van der Waals surface area contributed by atoms with Gasteiger partial charge in [-0.15, -0.1) is 0 Å². The standard InChI is InChI=1S/C25H23NO4S/c1-30-21-13-15-22(16-14-21)31(28,29)26-24(17-12-19-8-4-2-5-9-19)23(18-25(26)27)20-10-6-3-7-11-20/h2-17,23-24H,18H2,1H3/b17-12+/t23-,24+/m1/s1. The van der Waals surface area contributed by atoms with Crippen LogP contribution in [0.4, 0.5) is 0 Å².